The maximum absolute atomic E-state index is 10.9. The van der Waals surface area contributed by atoms with Crippen molar-refractivity contribution >= 4 is 0 Å². The molecule has 0 spiro atoms. The predicted octanol–water partition coefficient (Wildman–Crippen LogP) is 5.79. The van der Waals surface area contributed by atoms with Gasteiger partial charge in [0.1, 0.15) is 11.5 Å². The van der Waals surface area contributed by atoms with Crippen LogP contribution in [0.25, 0.3) is 0 Å². The Morgan fingerprint density at radius 1 is 0.833 bits per heavy atom. The Kier molecular flexibility index (Phi) is 4.58. The smallest absolute Gasteiger partial charge is 0.169 e. The summed E-state index contributed by atoms with van der Waals surface area (Å²) in [5.74, 6) is 1.49. The second-order valence-corrected chi connectivity index (χ2v) is 8.34. The van der Waals surface area contributed by atoms with E-state index in [1.54, 1.807) is 18.2 Å². The van der Waals surface area contributed by atoms with Crippen LogP contribution in [0.3, 0.4) is 0 Å². The van der Waals surface area contributed by atoms with Crippen LogP contribution < -0.4 is 4.74 Å². The summed E-state index contributed by atoms with van der Waals surface area (Å²) in [6.07, 6.45) is 0. The summed E-state index contributed by atoms with van der Waals surface area (Å²) in [5, 5.41) is 20.9. The third-order valence-electron chi connectivity index (χ3n) is 4.16. The molecule has 3 nitrogen and oxygen atoms in total. The van der Waals surface area contributed by atoms with Crippen molar-refractivity contribution in [3.8, 4) is 23.0 Å². The molecule has 0 aromatic heterocycles. The SMILES string of the molecule is Cc1c(Oc2ccccc2O)cc(C(C)(C)C)c(O)c1C(C)(C)C. The van der Waals surface area contributed by atoms with Crippen molar-refractivity contribution in [3.05, 3.63) is 47.0 Å². The van der Waals surface area contributed by atoms with E-state index in [-0.39, 0.29) is 16.6 Å². The van der Waals surface area contributed by atoms with Gasteiger partial charge in [0.15, 0.2) is 11.5 Å². The highest BCUT2D eigenvalue weighted by Crippen LogP contribution is 2.46. The number of phenols is 2. The summed E-state index contributed by atoms with van der Waals surface area (Å²) in [5.41, 5.74) is 2.14. The quantitative estimate of drug-likeness (QED) is 0.733. The van der Waals surface area contributed by atoms with E-state index >= 15 is 0 Å². The van der Waals surface area contributed by atoms with E-state index in [4.69, 9.17) is 4.74 Å². The van der Waals surface area contributed by atoms with E-state index < -0.39 is 0 Å². The molecule has 0 aliphatic rings. The molecule has 0 atom stereocenters. The Balaban J connectivity index is 2.70. The maximum atomic E-state index is 10.9. The zero-order chi connectivity index (χ0) is 18.3. The molecule has 130 valence electrons. The van der Waals surface area contributed by atoms with E-state index in [0.717, 1.165) is 16.7 Å². The van der Waals surface area contributed by atoms with Gasteiger partial charge < -0.3 is 14.9 Å². The molecule has 2 aromatic carbocycles. The van der Waals surface area contributed by atoms with Crippen molar-refractivity contribution in [2.24, 2.45) is 0 Å². The van der Waals surface area contributed by atoms with Gasteiger partial charge in [-0.3, -0.25) is 0 Å². The van der Waals surface area contributed by atoms with Crippen LogP contribution in [-0.2, 0) is 10.8 Å². The first-order valence-electron chi connectivity index (χ1n) is 8.26. The van der Waals surface area contributed by atoms with Gasteiger partial charge in [0.25, 0.3) is 0 Å². The summed E-state index contributed by atoms with van der Waals surface area (Å²) < 4.78 is 6.01. The lowest BCUT2D eigenvalue weighted by Crippen LogP contribution is -2.19. The lowest BCUT2D eigenvalue weighted by atomic mass is 9.77. The maximum Gasteiger partial charge on any atom is 0.169 e. The average Bonchev–Trinajstić information content (AvgIpc) is 2.41. The highest BCUT2D eigenvalue weighted by Gasteiger charge is 2.29. The Labute approximate surface area is 144 Å². The molecule has 0 radical (unpaired) electrons. The third kappa shape index (κ3) is 3.50. The number of hydrogen-bond donors (Lipinski definition) is 2. The topological polar surface area (TPSA) is 49.7 Å². The summed E-state index contributed by atoms with van der Waals surface area (Å²) in [4.78, 5) is 0. The van der Waals surface area contributed by atoms with Gasteiger partial charge in [0.2, 0.25) is 0 Å². The summed E-state index contributed by atoms with van der Waals surface area (Å²) in [6.45, 7) is 14.4. The molecule has 0 bridgehead atoms. The minimum Gasteiger partial charge on any atom is -0.507 e. The van der Waals surface area contributed by atoms with Gasteiger partial charge in [0, 0.05) is 11.1 Å². The van der Waals surface area contributed by atoms with Gasteiger partial charge in [-0.25, -0.2) is 0 Å². The van der Waals surface area contributed by atoms with E-state index in [1.165, 1.54) is 0 Å². The third-order valence-corrected chi connectivity index (χ3v) is 4.16. The molecule has 3 heteroatoms. The van der Waals surface area contributed by atoms with Crippen molar-refractivity contribution in [1.82, 2.24) is 0 Å². The molecule has 0 unspecified atom stereocenters. The van der Waals surface area contributed by atoms with Crippen LogP contribution >= 0.6 is 0 Å². The zero-order valence-electron chi connectivity index (χ0n) is 15.7. The highest BCUT2D eigenvalue weighted by molar-refractivity contribution is 5.58. The van der Waals surface area contributed by atoms with Crippen molar-refractivity contribution in [1.29, 1.82) is 0 Å². The molecule has 0 aliphatic carbocycles. The van der Waals surface area contributed by atoms with Crippen LogP contribution in [0, 0.1) is 6.92 Å². The fraction of sp³-hybridized carbons (Fsp3) is 0.429. The lowest BCUT2D eigenvalue weighted by molar-refractivity contribution is 0.397. The van der Waals surface area contributed by atoms with Crippen LogP contribution in [0.4, 0.5) is 0 Å². The Morgan fingerprint density at radius 3 is 1.92 bits per heavy atom. The Morgan fingerprint density at radius 2 is 1.42 bits per heavy atom. The van der Waals surface area contributed by atoms with Crippen molar-refractivity contribution < 1.29 is 14.9 Å². The van der Waals surface area contributed by atoms with E-state index in [9.17, 15) is 10.2 Å². The molecule has 24 heavy (non-hydrogen) atoms. The predicted molar refractivity (Wildman–Crippen MR) is 98.4 cm³/mol. The average molecular weight is 328 g/mol. The monoisotopic (exact) mass is 328 g/mol. The molecular weight excluding hydrogens is 300 g/mol. The van der Waals surface area contributed by atoms with E-state index in [1.807, 2.05) is 19.1 Å². The van der Waals surface area contributed by atoms with Gasteiger partial charge in [-0.1, -0.05) is 53.7 Å². The van der Waals surface area contributed by atoms with Gasteiger partial charge in [0.05, 0.1) is 0 Å². The number of ether oxygens (including phenoxy) is 1. The number of para-hydroxylation sites is 2. The van der Waals surface area contributed by atoms with Crippen LogP contribution in [0.15, 0.2) is 30.3 Å². The van der Waals surface area contributed by atoms with E-state index in [2.05, 4.69) is 41.5 Å². The van der Waals surface area contributed by atoms with E-state index in [0.29, 0.717) is 17.2 Å². The normalized spacial score (nSPS) is 12.3. The molecule has 2 N–H and O–H groups in total. The summed E-state index contributed by atoms with van der Waals surface area (Å²) in [7, 11) is 0. The molecule has 0 saturated heterocycles. The first-order chi connectivity index (χ1) is 10.9. The van der Waals surface area contributed by atoms with Crippen molar-refractivity contribution in [2.45, 2.75) is 59.3 Å². The standard InChI is InChI=1S/C21H28O3/c1-13-17(24-16-11-9-8-10-15(16)22)12-14(20(2,3)4)19(23)18(13)21(5,6)7/h8-12,22-23H,1-7H3. The first kappa shape index (κ1) is 18.2. The number of hydrogen-bond acceptors (Lipinski definition) is 3. The highest BCUT2D eigenvalue weighted by atomic mass is 16.5. The van der Waals surface area contributed by atoms with Crippen molar-refractivity contribution in [3.63, 3.8) is 0 Å². The number of benzene rings is 2. The lowest BCUT2D eigenvalue weighted by Gasteiger charge is -2.30. The van der Waals surface area contributed by atoms with Crippen LogP contribution in [0.5, 0.6) is 23.0 Å². The molecule has 0 heterocycles. The minimum absolute atomic E-state index is 0.0968. The molecule has 0 amide bonds. The molecule has 0 fully saturated rings. The van der Waals surface area contributed by atoms with Gasteiger partial charge in [-0.05, 0) is 41.5 Å². The fourth-order valence-electron chi connectivity index (χ4n) is 3.00. The second kappa shape index (κ2) is 6.04. The zero-order valence-corrected chi connectivity index (χ0v) is 15.7. The van der Waals surface area contributed by atoms with Gasteiger partial charge in [-0.15, -0.1) is 0 Å². The Hall–Kier alpha value is -2.16. The molecule has 2 rings (SSSR count). The molecule has 0 aliphatic heterocycles. The molecule has 0 saturated carbocycles. The first-order valence-corrected chi connectivity index (χ1v) is 8.26. The van der Waals surface area contributed by atoms with Crippen LogP contribution in [0.2, 0.25) is 0 Å². The minimum atomic E-state index is -0.230. The van der Waals surface area contributed by atoms with Gasteiger partial charge in [-0.2, -0.15) is 0 Å². The fourth-order valence-corrected chi connectivity index (χ4v) is 3.00. The summed E-state index contributed by atoms with van der Waals surface area (Å²) >= 11 is 0. The Bertz CT molecular complexity index is 747. The number of phenolic OH excluding ortho intramolecular Hbond substituents is 2. The number of aromatic hydroxyl groups is 2. The van der Waals surface area contributed by atoms with Crippen LogP contribution in [0.1, 0.15) is 58.2 Å². The molecular formula is C21H28O3. The largest absolute Gasteiger partial charge is 0.507 e. The molecule has 2 aromatic rings. The van der Waals surface area contributed by atoms with Crippen molar-refractivity contribution in [2.75, 3.05) is 0 Å². The summed E-state index contributed by atoms with van der Waals surface area (Å²) in [6, 6.07) is 8.79. The van der Waals surface area contributed by atoms with Crippen LogP contribution in [-0.4, -0.2) is 10.2 Å². The van der Waals surface area contributed by atoms with Gasteiger partial charge >= 0.3 is 0 Å². The number of rotatable bonds is 2. The second-order valence-electron chi connectivity index (χ2n) is 8.34.